The third-order valence-electron chi connectivity index (χ3n) is 2.12. The Kier molecular flexibility index (Phi) is 3.01. The molecule has 0 spiro atoms. The first-order valence-corrected chi connectivity index (χ1v) is 5.58. The van der Waals surface area contributed by atoms with Gasteiger partial charge in [-0.2, -0.15) is 0 Å². The van der Waals surface area contributed by atoms with Crippen molar-refractivity contribution in [2.75, 3.05) is 0 Å². The molecule has 0 atom stereocenters. The zero-order valence-corrected chi connectivity index (χ0v) is 9.13. The van der Waals surface area contributed by atoms with Crippen molar-refractivity contribution < 1.29 is 14.3 Å². The van der Waals surface area contributed by atoms with Gasteiger partial charge in [-0.05, 0) is 34.7 Å². The molecule has 0 aliphatic heterocycles. The number of carbonyl (C=O) groups is 1. The van der Waals surface area contributed by atoms with Crippen LogP contribution in [0.15, 0.2) is 35.7 Å². The second-order valence-electron chi connectivity index (χ2n) is 3.40. The van der Waals surface area contributed by atoms with Crippen LogP contribution in [0.25, 0.3) is 10.4 Å². The van der Waals surface area contributed by atoms with Crippen molar-refractivity contribution in [1.82, 2.24) is 0 Å². The van der Waals surface area contributed by atoms with Gasteiger partial charge in [0.2, 0.25) is 0 Å². The standard InChI is InChI=1S/C12H9FO2S/c13-10-3-1-2-9(6-10)11-4-8(7-16-11)5-12(14)15/h1-4,6-7H,5H2,(H,14,15). The number of halogens is 1. The molecular weight excluding hydrogens is 227 g/mol. The molecule has 0 fully saturated rings. The lowest BCUT2D eigenvalue weighted by Gasteiger charge is -1.96. The van der Waals surface area contributed by atoms with Gasteiger partial charge in [0.15, 0.2) is 0 Å². The number of carboxylic acid groups (broad SMARTS) is 1. The summed E-state index contributed by atoms with van der Waals surface area (Å²) >= 11 is 1.42. The summed E-state index contributed by atoms with van der Waals surface area (Å²) < 4.78 is 13.0. The van der Waals surface area contributed by atoms with Crippen LogP contribution in [-0.2, 0) is 11.2 Å². The fourth-order valence-corrected chi connectivity index (χ4v) is 2.35. The van der Waals surface area contributed by atoms with Crippen LogP contribution in [0.1, 0.15) is 5.56 Å². The molecule has 1 aromatic heterocycles. The van der Waals surface area contributed by atoms with Crippen LogP contribution in [0.4, 0.5) is 4.39 Å². The van der Waals surface area contributed by atoms with E-state index in [1.807, 2.05) is 0 Å². The zero-order valence-electron chi connectivity index (χ0n) is 8.31. The van der Waals surface area contributed by atoms with Gasteiger partial charge in [-0.3, -0.25) is 4.79 Å². The minimum absolute atomic E-state index is 0.00577. The average Bonchev–Trinajstić information content (AvgIpc) is 2.65. The molecule has 2 rings (SSSR count). The molecule has 0 amide bonds. The van der Waals surface area contributed by atoms with Crippen molar-refractivity contribution >= 4 is 17.3 Å². The van der Waals surface area contributed by atoms with E-state index in [0.717, 1.165) is 16.0 Å². The Labute approximate surface area is 96.0 Å². The van der Waals surface area contributed by atoms with Gasteiger partial charge in [0.1, 0.15) is 5.82 Å². The Balaban J connectivity index is 2.28. The number of aliphatic carboxylic acids is 1. The van der Waals surface area contributed by atoms with Gasteiger partial charge in [0, 0.05) is 4.88 Å². The van der Waals surface area contributed by atoms with Crippen molar-refractivity contribution in [1.29, 1.82) is 0 Å². The number of thiophene rings is 1. The van der Waals surface area contributed by atoms with Crippen LogP contribution < -0.4 is 0 Å². The van der Waals surface area contributed by atoms with Gasteiger partial charge in [-0.1, -0.05) is 12.1 Å². The van der Waals surface area contributed by atoms with Crippen LogP contribution in [0.5, 0.6) is 0 Å². The summed E-state index contributed by atoms with van der Waals surface area (Å²) in [7, 11) is 0. The van der Waals surface area contributed by atoms with Crippen LogP contribution in [-0.4, -0.2) is 11.1 Å². The fourth-order valence-electron chi connectivity index (χ4n) is 1.44. The minimum atomic E-state index is -0.858. The van der Waals surface area contributed by atoms with Gasteiger partial charge < -0.3 is 5.11 Å². The van der Waals surface area contributed by atoms with E-state index in [0.29, 0.717) is 0 Å². The highest BCUT2D eigenvalue weighted by Crippen LogP contribution is 2.27. The van der Waals surface area contributed by atoms with E-state index in [-0.39, 0.29) is 12.2 Å². The molecule has 0 aliphatic carbocycles. The molecule has 0 radical (unpaired) electrons. The van der Waals surface area contributed by atoms with Crippen molar-refractivity contribution in [2.45, 2.75) is 6.42 Å². The molecule has 0 bridgehead atoms. The number of hydrogen-bond donors (Lipinski definition) is 1. The third-order valence-corrected chi connectivity index (χ3v) is 3.15. The third kappa shape index (κ3) is 2.46. The van der Waals surface area contributed by atoms with Gasteiger partial charge in [0.05, 0.1) is 6.42 Å². The monoisotopic (exact) mass is 236 g/mol. The van der Waals surface area contributed by atoms with Crippen molar-refractivity contribution in [3.05, 3.63) is 47.1 Å². The summed E-state index contributed by atoms with van der Waals surface area (Å²) in [5, 5.41) is 10.4. The van der Waals surface area contributed by atoms with Gasteiger partial charge >= 0.3 is 5.97 Å². The largest absolute Gasteiger partial charge is 0.481 e. The van der Waals surface area contributed by atoms with E-state index in [4.69, 9.17) is 5.11 Å². The summed E-state index contributed by atoms with van der Waals surface area (Å²) in [6, 6.07) is 8.06. The predicted molar refractivity (Wildman–Crippen MR) is 61.1 cm³/mol. The first kappa shape index (κ1) is 10.8. The normalized spacial score (nSPS) is 10.3. The molecule has 4 heteroatoms. The van der Waals surface area contributed by atoms with Crippen molar-refractivity contribution in [3.63, 3.8) is 0 Å². The smallest absolute Gasteiger partial charge is 0.307 e. The lowest BCUT2D eigenvalue weighted by atomic mass is 10.1. The quantitative estimate of drug-likeness (QED) is 0.888. The zero-order chi connectivity index (χ0) is 11.5. The highest BCUT2D eigenvalue weighted by atomic mass is 32.1. The van der Waals surface area contributed by atoms with Crippen LogP contribution in [0, 0.1) is 5.82 Å². The second-order valence-corrected chi connectivity index (χ2v) is 4.31. The number of carboxylic acids is 1. The summed E-state index contributed by atoms with van der Waals surface area (Å²) in [5.74, 6) is -1.14. The summed E-state index contributed by atoms with van der Waals surface area (Å²) in [6.07, 6.45) is 0.00577. The Bertz CT molecular complexity index is 519. The van der Waals surface area contributed by atoms with Crippen molar-refractivity contribution in [2.24, 2.45) is 0 Å². The molecule has 0 aliphatic rings. The van der Waals surface area contributed by atoms with Crippen LogP contribution in [0.3, 0.4) is 0 Å². The Morgan fingerprint density at radius 2 is 2.19 bits per heavy atom. The maximum absolute atomic E-state index is 13.0. The Morgan fingerprint density at radius 1 is 1.38 bits per heavy atom. The van der Waals surface area contributed by atoms with Gasteiger partial charge in [-0.25, -0.2) is 4.39 Å². The van der Waals surface area contributed by atoms with Gasteiger partial charge in [0.25, 0.3) is 0 Å². The highest BCUT2D eigenvalue weighted by Gasteiger charge is 2.06. The number of hydrogen-bond acceptors (Lipinski definition) is 2. The molecule has 82 valence electrons. The van der Waals surface area contributed by atoms with E-state index in [1.54, 1.807) is 23.6 Å². The lowest BCUT2D eigenvalue weighted by molar-refractivity contribution is -0.136. The fraction of sp³-hybridized carbons (Fsp3) is 0.0833. The van der Waals surface area contributed by atoms with Crippen molar-refractivity contribution in [3.8, 4) is 10.4 Å². The molecule has 0 unspecified atom stereocenters. The maximum atomic E-state index is 13.0. The molecular formula is C12H9FO2S. The molecule has 0 saturated carbocycles. The molecule has 0 saturated heterocycles. The number of rotatable bonds is 3. The topological polar surface area (TPSA) is 37.3 Å². The number of benzene rings is 1. The van der Waals surface area contributed by atoms with E-state index >= 15 is 0 Å². The molecule has 2 aromatic rings. The summed E-state index contributed by atoms with van der Waals surface area (Å²) in [4.78, 5) is 11.4. The maximum Gasteiger partial charge on any atom is 0.307 e. The highest BCUT2D eigenvalue weighted by molar-refractivity contribution is 7.13. The van der Waals surface area contributed by atoms with Crippen LogP contribution in [0.2, 0.25) is 0 Å². The molecule has 16 heavy (non-hydrogen) atoms. The van der Waals surface area contributed by atoms with Gasteiger partial charge in [-0.15, -0.1) is 11.3 Å². The molecule has 1 heterocycles. The summed E-state index contributed by atoms with van der Waals surface area (Å²) in [6.45, 7) is 0. The average molecular weight is 236 g/mol. The Morgan fingerprint density at radius 3 is 2.88 bits per heavy atom. The molecule has 1 aromatic carbocycles. The first-order chi connectivity index (χ1) is 7.65. The van der Waals surface area contributed by atoms with E-state index in [1.165, 1.54) is 23.5 Å². The SMILES string of the molecule is O=C(O)Cc1csc(-c2cccc(F)c2)c1. The van der Waals surface area contributed by atoms with E-state index in [2.05, 4.69) is 0 Å². The van der Waals surface area contributed by atoms with E-state index < -0.39 is 5.97 Å². The first-order valence-electron chi connectivity index (χ1n) is 4.70. The molecule has 2 nitrogen and oxygen atoms in total. The predicted octanol–water partition coefficient (Wildman–Crippen LogP) is 3.18. The van der Waals surface area contributed by atoms with Crippen LogP contribution >= 0.6 is 11.3 Å². The Hall–Kier alpha value is -1.68. The minimum Gasteiger partial charge on any atom is -0.481 e. The van der Waals surface area contributed by atoms with E-state index in [9.17, 15) is 9.18 Å². The second kappa shape index (κ2) is 4.45. The molecule has 1 N–H and O–H groups in total. The lowest BCUT2D eigenvalue weighted by Crippen LogP contribution is -1.97. The summed E-state index contributed by atoms with van der Waals surface area (Å²) in [5.41, 5.74) is 1.53.